The zero-order valence-electron chi connectivity index (χ0n) is 9.99. The lowest BCUT2D eigenvalue weighted by Crippen LogP contribution is -2.28. The molecule has 2 nitrogen and oxygen atoms in total. The van der Waals surface area contributed by atoms with Crippen molar-refractivity contribution < 1.29 is 5.11 Å². The van der Waals surface area contributed by atoms with Gasteiger partial charge in [-0.05, 0) is 31.4 Å². The Morgan fingerprint density at radius 2 is 1.67 bits per heavy atom. The van der Waals surface area contributed by atoms with Gasteiger partial charge in [0.15, 0.2) is 0 Å². The van der Waals surface area contributed by atoms with E-state index in [-0.39, 0.29) is 12.1 Å². The number of aliphatic hydroxyl groups is 1. The maximum atomic E-state index is 9.45. The largest absolute Gasteiger partial charge is 0.391 e. The molecule has 1 rings (SSSR count). The summed E-state index contributed by atoms with van der Waals surface area (Å²) in [6, 6.07) is 8.33. The zero-order valence-corrected chi connectivity index (χ0v) is 9.99. The van der Waals surface area contributed by atoms with E-state index in [0.29, 0.717) is 5.92 Å². The Kier molecular flexibility index (Phi) is 4.15. The number of benzene rings is 1. The van der Waals surface area contributed by atoms with Gasteiger partial charge in [-0.15, -0.1) is 0 Å². The quantitative estimate of drug-likeness (QED) is 0.795. The first-order valence-electron chi connectivity index (χ1n) is 5.56. The van der Waals surface area contributed by atoms with Crippen molar-refractivity contribution in [2.75, 3.05) is 5.32 Å². The van der Waals surface area contributed by atoms with Crippen LogP contribution in [0.15, 0.2) is 24.3 Å². The van der Waals surface area contributed by atoms with Crippen LogP contribution < -0.4 is 5.32 Å². The molecule has 2 unspecified atom stereocenters. The van der Waals surface area contributed by atoms with Crippen LogP contribution >= 0.6 is 0 Å². The van der Waals surface area contributed by atoms with Crippen LogP contribution in [0.3, 0.4) is 0 Å². The molecule has 84 valence electrons. The first kappa shape index (κ1) is 12.1. The minimum absolute atomic E-state index is 0.0740. The second-order valence-electron chi connectivity index (χ2n) is 4.42. The molecule has 0 heterocycles. The van der Waals surface area contributed by atoms with Gasteiger partial charge in [-0.1, -0.05) is 32.0 Å². The summed E-state index contributed by atoms with van der Waals surface area (Å²) in [6.07, 6.45) is -0.342. The number of rotatable bonds is 4. The fourth-order valence-corrected chi connectivity index (χ4v) is 1.50. The minimum Gasteiger partial charge on any atom is -0.391 e. The van der Waals surface area contributed by atoms with Crippen LogP contribution in [-0.2, 0) is 0 Å². The first-order chi connectivity index (χ1) is 7.02. The summed E-state index contributed by atoms with van der Waals surface area (Å²) in [6.45, 7) is 8.14. The number of hydrogen-bond donors (Lipinski definition) is 2. The topological polar surface area (TPSA) is 32.3 Å². The molecule has 0 amide bonds. The van der Waals surface area contributed by atoms with Crippen molar-refractivity contribution in [3.05, 3.63) is 29.8 Å². The summed E-state index contributed by atoms with van der Waals surface area (Å²) in [7, 11) is 0. The number of hydrogen-bond acceptors (Lipinski definition) is 2. The molecule has 0 fully saturated rings. The van der Waals surface area contributed by atoms with E-state index in [1.807, 2.05) is 19.1 Å². The van der Waals surface area contributed by atoms with Crippen molar-refractivity contribution in [2.24, 2.45) is 0 Å². The molecule has 2 N–H and O–H groups in total. The third-order valence-electron chi connectivity index (χ3n) is 2.69. The van der Waals surface area contributed by atoms with Crippen molar-refractivity contribution in [2.45, 2.75) is 45.8 Å². The molecule has 2 heteroatoms. The normalized spacial score (nSPS) is 15.1. The monoisotopic (exact) mass is 207 g/mol. The Morgan fingerprint density at radius 1 is 1.07 bits per heavy atom. The van der Waals surface area contributed by atoms with Gasteiger partial charge in [0.1, 0.15) is 0 Å². The highest BCUT2D eigenvalue weighted by Gasteiger charge is 2.11. The van der Waals surface area contributed by atoms with Crippen LogP contribution in [0, 0.1) is 0 Å². The lowest BCUT2D eigenvalue weighted by Gasteiger charge is -2.21. The van der Waals surface area contributed by atoms with Crippen LogP contribution in [0.1, 0.15) is 39.2 Å². The van der Waals surface area contributed by atoms with Crippen molar-refractivity contribution in [1.29, 1.82) is 0 Å². The molecule has 0 saturated heterocycles. The van der Waals surface area contributed by atoms with Crippen LogP contribution in [0.4, 0.5) is 5.69 Å². The van der Waals surface area contributed by atoms with Gasteiger partial charge in [-0.2, -0.15) is 0 Å². The van der Waals surface area contributed by atoms with Crippen molar-refractivity contribution in [1.82, 2.24) is 0 Å². The van der Waals surface area contributed by atoms with Gasteiger partial charge in [0.25, 0.3) is 0 Å². The summed E-state index contributed by atoms with van der Waals surface area (Å²) in [4.78, 5) is 0. The summed E-state index contributed by atoms with van der Waals surface area (Å²) < 4.78 is 0. The van der Waals surface area contributed by atoms with Crippen LogP contribution in [0.2, 0.25) is 0 Å². The third-order valence-corrected chi connectivity index (χ3v) is 2.69. The predicted octanol–water partition coefficient (Wildman–Crippen LogP) is 2.99. The molecule has 15 heavy (non-hydrogen) atoms. The van der Waals surface area contributed by atoms with Crippen molar-refractivity contribution >= 4 is 5.69 Å². The molecular weight excluding hydrogens is 186 g/mol. The van der Waals surface area contributed by atoms with Gasteiger partial charge in [0, 0.05) is 11.7 Å². The highest BCUT2D eigenvalue weighted by atomic mass is 16.3. The van der Waals surface area contributed by atoms with Crippen LogP contribution in [0.25, 0.3) is 0 Å². The summed E-state index contributed by atoms with van der Waals surface area (Å²) >= 11 is 0. The number of anilines is 1. The molecule has 0 aliphatic carbocycles. The number of para-hydroxylation sites is 1. The molecule has 0 radical (unpaired) electrons. The number of nitrogens with one attached hydrogen (secondary N) is 1. The van der Waals surface area contributed by atoms with E-state index in [0.717, 1.165) is 5.69 Å². The molecular formula is C13H21NO. The second-order valence-corrected chi connectivity index (χ2v) is 4.42. The lowest BCUT2D eigenvalue weighted by molar-refractivity contribution is 0.178. The Morgan fingerprint density at radius 3 is 2.20 bits per heavy atom. The van der Waals surface area contributed by atoms with Crippen LogP contribution in [-0.4, -0.2) is 17.3 Å². The van der Waals surface area contributed by atoms with Crippen molar-refractivity contribution in [3.8, 4) is 0 Å². The van der Waals surface area contributed by atoms with Gasteiger partial charge in [-0.3, -0.25) is 0 Å². The fourth-order valence-electron chi connectivity index (χ4n) is 1.50. The average Bonchev–Trinajstić information content (AvgIpc) is 2.18. The van der Waals surface area contributed by atoms with Gasteiger partial charge >= 0.3 is 0 Å². The molecule has 0 aliphatic rings. The van der Waals surface area contributed by atoms with E-state index in [4.69, 9.17) is 0 Å². The Labute approximate surface area is 92.3 Å². The highest BCUT2D eigenvalue weighted by Crippen LogP contribution is 2.24. The summed E-state index contributed by atoms with van der Waals surface area (Å²) in [5.74, 6) is 0.495. The molecule has 0 spiro atoms. The minimum atomic E-state index is -0.342. The predicted molar refractivity (Wildman–Crippen MR) is 65.3 cm³/mol. The maximum Gasteiger partial charge on any atom is 0.0710 e. The molecule has 0 aromatic heterocycles. The molecule has 0 aliphatic heterocycles. The molecule has 1 aromatic rings. The molecule has 1 aromatic carbocycles. The van der Waals surface area contributed by atoms with Gasteiger partial charge in [0.05, 0.1) is 6.10 Å². The van der Waals surface area contributed by atoms with E-state index >= 15 is 0 Å². The standard InChI is InChI=1S/C13H21NO/c1-9(2)12-7-5-6-8-13(12)14-10(3)11(4)15/h5-11,14-15H,1-4H3. The summed E-state index contributed by atoms with van der Waals surface area (Å²) in [5, 5.41) is 12.8. The number of aliphatic hydroxyl groups excluding tert-OH is 1. The average molecular weight is 207 g/mol. The van der Waals surface area contributed by atoms with Gasteiger partial charge in [0.2, 0.25) is 0 Å². The van der Waals surface area contributed by atoms with Crippen LogP contribution in [0.5, 0.6) is 0 Å². The van der Waals surface area contributed by atoms with E-state index in [2.05, 4.69) is 31.3 Å². The zero-order chi connectivity index (χ0) is 11.4. The van der Waals surface area contributed by atoms with Crippen molar-refractivity contribution in [3.63, 3.8) is 0 Å². The maximum absolute atomic E-state index is 9.45. The first-order valence-corrected chi connectivity index (χ1v) is 5.56. The Bertz CT molecular complexity index is 307. The van der Waals surface area contributed by atoms with E-state index < -0.39 is 0 Å². The van der Waals surface area contributed by atoms with E-state index in [9.17, 15) is 5.11 Å². The van der Waals surface area contributed by atoms with E-state index in [1.54, 1.807) is 6.92 Å². The molecule has 0 bridgehead atoms. The van der Waals surface area contributed by atoms with Gasteiger partial charge in [-0.25, -0.2) is 0 Å². The highest BCUT2D eigenvalue weighted by molar-refractivity contribution is 5.53. The Balaban J connectivity index is 2.84. The second kappa shape index (κ2) is 5.17. The van der Waals surface area contributed by atoms with Gasteiger partial charge < -0.3 is 10.4 Å². The smallest absolute Gasteiger partial charge is 0.0710 e. The lowest BCUT2D eigenvalue weighted by atomic mass is 10.0. The summed E-state index contributed by atoms with van der Waals surface area (Å²) in [5.41, 5.74) is 2.42. The van der Waals surface area contributed by atoms with E-state index in [1.165, 1.54) is 5.56 Å². The molecule has 2 atom stereocenters. The Hall–Kier alpha value is -1.02. The SMILES string of the molecule is CC(C)c1ccccc1NC(C)C(C)O. The third kappa shape index (κ3) is 3.24. The fraction of sp³-hybridized carbons (Fsp3) is 0.538. The molecule has 0 saturated carbocycles.